The van der Waals surface area contributed by atoms with Crippen LogP contribution in [0.1, 0.15) is 37.7 Å². The topological polar surface area (TPSA) is 28.2 Å². The molecular formula is C15H23N3. The summed E-state index contributed by atoms with van der Waals surface area (Å²) in [7, 11) is 2.11. The zero-order chi connectivity index (χ0) is 12.4. The van der Waals surface area contributed by atoms with Crippen molar-refractivity contribution in [3.05, 3.63) is 30.1 Å². The van der Waals surface area contributed by atoms with Gasteiger partial charge in [0.2, 0.25) is 0 Å². The van der Waals surface area contributed by atoms with Gasteiger partial charge in [-0.15, -0.1) is 0 Å². The van der Waals surface area contributed by atoms with E-state index in [1.54, 1.807) is 0 Å². The van der Waals surface area contributed by atoms with Crippen molar-refractivity contribution in [1.29, 1.82) is 0 Å². The van der Waals surface area contributed by atoms with Gasteiger partial charge in [-0.2, -0.15) is 0 Å². The molecule has 0 radical (unpaired) electrons. The Morgan fingerprint density at radius 2 is 1.89 bits per heavy atom. The highest BCUT2D eigenvalue weighted by Crippen LogP contribution is 2.34. The fraction of sp³-hybridized carbons (Fsp3) is 0.667. The first-order valence-corrected chi connectivity index (χ1v) is 7.18. The third kappa shape index (κ3) is 2.43. The van der Waals surface area contributed by atoms with Crippen molar-refractivity contribution in [2.75, 3.05) is 7.05 Å². The van der Waals surface area contributed by atoms with Crippen molar-refractivity contribution in [2.24, 2.45) is 0 Å². The van der Waals surface area contributed by atoms with Crippen LogP contribution in [0.2, 0.25) is 0 Å². The Labute approximate surface area is 110 Å². The van der Waals surface area contributed by atoms with Gasteiger partial charge in [-0.25, -0.2) is 0 Å². The standard InChI is InChI=1S/C15H23N3/c1-16-13-9-14-3-2-4-15(10-13)18(14)11-12-5-7-17-8-6-12/h5-8,13-16H,2-4,9-11H2,1H3. The van der Waals surface area contributed by atoms with E-state index < -0.39 is 0 Å². The molecule has 3 heteroatoms. The minimum Gasteiger partial charge on any atom is -0.317 e. The van der Waals surface area contributed by atoms with Crippen molar-refractivity contribution in [2.45, 2.75) is 56.8 Å². The van der Waals surface area contributed by atoms with Crippen LogP contribution in [0.3, 0.4) is 0 Å². The third-order valence-electron chi connectivity index (χ3n) is 4.65. The van der Waals surface area contributed by atoms with Gasteiger partial charge in [0.25, 0.3) is 0 Å². The van der Waals surface area contributed by atoms with Gasteiger partial charge in [0.15, 0.2) is 0 Å². The first-order chi connectivity index (χ1) is 8.86. The molecule has 1 N–H and O–H groups in total. The Morgan fingerprint density at radius 1 is 1.22 bits per heavy atom. The molecule has 18 heavy (non-hydrogen) atoms. The molecule has 0 aromatic carbocycles. The molecule has 2 saturated heterocycles. The molecule has 2 aliphatic heterocycles. The van der Waals surface area contributed by atoms with E-state index in [1.807, 2.05) is 12.4 Å². The molecule has 0 amide bonds. The molecule has 3 heterocycles. The molecule has 0 saturated carbocycles. The summed E-state index contributed by atoms with van der Waals surface area (Å²) in [4.78, 5) is 6.85. The molecule has 3 rings (SSSR count). The number of nitrogens with one attached hydrogen (secondary N) is 1. The fourth-order valence-electron chi connectivity index (χ4n) is 3.67. The summed E-state index contributed by atoms with van der Waals surface area (Å²) in [6.07, 6.45) is 10.6. The summed E-state index contributed by atoms with van der Waals surface area (Å²) >= 11 is 0. The molecule has 98 valence electrons. The summed E-state index contributed by atoms with van der Waals surface area (Å²) in [5, 5.41) is 3.48. The summed E-state index contributed by atoms with van der Waals surface area (Å²) in [6, 6.07) is 6.60. The monoisotopic (exact) mass is 245 g/mol. The maximum atomic E-state index is 4.11. The van der Waals surface area contributed by atoms with Crippen LogP contribution in [0.25, 0.3) is 0 Å². The van der Waals surface area contributed by atoms with Crippen molar-refractivity contribution in [1.82, 2.24) is 15.2 Å². The SMILES string of the molecule is CNC1CC2CCCC(C1)N2Cc1ccncc1. The van der Waals surface area contributed by atoms with Gasteiger partial charge in [0.1, 0.15) is 0 Å². The zero-order valence-corrected chi connectivity index (χ0v) is 11.2. The lowest BCUT2D eigenvalue weighted by molar-refractivity contribution is 0.0190. The van der Waals surface area contributed by atoms with Crippen LogP contribution in [0.4, 0.5) is 0 Å². The number of hydrogen-bond acceptors (Lipinski definition) is 3. The second-order valence-electron chi connectivity index (χ2n) is 5.72. The Morgan fingerprint density at radius 3 is 2.50 bits per heavy atom. The maximum Gasteiger partial charge on any atom is 0.0271 e. The van der Waals surface area contributed by atoms with Gasteiger partial charge in [0.05, 0.1) is 0 Å². The van der Waals surface area contributed by atoms with E-state index in [0.717, 1.165) is 24.7 Å². The van der Waals surface area contributed by atoms with Crippen molar-refractivity contribution >= 4 is 0 Å². The predicted octanol–water partition coefficient (Wildman–Crippen LogP) is 2.19. The minimum atomic E-state index is 0.731. The smallest absolute Gasteiger partial charge is 0.0271 e. The summed E-state index contributed by atoms with van der Waals surface area (Å²) < 4.78 is 0. The first kappa shape index (κ1) is 12.1. The number of piperidine rings is 2. The van der Waals surface area contributed by atoms with Crippen molar-refractivity contribution in [3.8, 4) is 0 Å². The Bertz CT molecular complexity index is 365. The second kappa shape index (κ2) is 5.37. The summed E-state index contributed by atoms with van der Waals surface area (Å²) in [5.74, 6) is 0. The molecular weight excluding hydrogens is 222 g/mol. The van der Waals surface area contributed by atoms with E-state index in [0.29, 0.717) is 0 Å². The fourth-order valence-corrected chi connectivity index (χ4v) is 3.67. The number of hydrogen-bond donors (Lipinski definition) is 1. The highest BCUT2D eigenvalue weighted by Gasteiger charge is 2.37. The largest absolute Gasteiger partial charge is 0.317 e. The number of rotatable bonds is 3. The van der Waals surface area contributed by atoms with E-state index in [-0.39, 0.29) is 0 Å². The molecule has 2 atom stereocenters. The quantitative estimate of drug-likeness (QED) is 0.885. The molecule has 0 spiro atoms. The number of pyridine rings is 1. The molecule has 1 aromatic heterocycles. The van der Waals surface area contributed by atoms with Gasteiger partial charge in [-0.1, -0.05) is 6.42 Å². The summed E-state index contributed by atoms with van der Waals surface area (Å²) in [5.41, 5.74) is 1.41. The average molecular weight is 245 g/mol. The molecule has 2 aliphatic rings. The van der Waals surface area contributed by atoms with Crippen LogP contribution >= 0.6 is 0 Å². The third-order valence-corrected chi connectivity index (χ3v) is 4.65. The van der Waals surface area contributed by atoms with Crippen molar-refractivity contribution < 1.29 is 0 Å². The van der Waals surface area contributed by atoms with Crippen LogP contribution < -0.4 is 5.32 Å². The molecule has 2 fully saturated rings. The Kier molecular flexibility index (Phi) is 3.62. The molecule has 0 aliphatic carbocycles. The van der Waals surface area contributed by atoms with Crippen molar-refractivity contribution in [3.63, 3.8) is 0 Å². The Hall–Kier alpha value is -0.930. The zero-order valence-electron chi connectivity index (χ0n) is 11.2. The maximum absolute atomic E-state index is 4.11. The van der Waals surface area contributed by atoms with Crippen LogP contribution in [-0.4, -0.2) is 35.1 Å². The van der Waals surface area contributed by atoms with E-state index in [9.17, 15) is 0 Å². The average Bonchev–Trinajstić information content (AvgIpc) is 2.39. The molecule has 1 aromatic rings. The predicted molar refractivity (Wildman–Crippen MR) is 73.3 cm³/mol. The van der Waals surface area contributed by atoms with E-state index in [2.05, 4.69) is 34.4 Å². The number of nitrogens with zero attached hydrogens (tertiary/aromatic N) is 2. The molecule has 3 nitrogen and oxygen atoms in total. The van der Waals surface area contributed by atoms with Gasteiger partial charge in [0, 0.05) is 37.1 Å². The first-order valence-electron chi connectivity index (χ1n) is 7.18. The van der Waals surface area contributed by atoms with E-state index in [1.165, 1.54) is 37.7 Å². The van der Waals surface area contributed by atoms with E-state index >= 15 is 0 Å². The van der Waals surface area contributed by atoms with Crippen LogP contribution in [0.15, 0.2) is 24.5 Å². The lowest BCUT2D eigenvalue weighted by atomic mass is 9.81. The lowest BCUT2D eigenvalue weighted by Gasteiger charge is -2.49. The highest BCUT2D eigenvalue weighted by molar-refractivity contribution is 5.11. The molecule has 2 bridgehead atoms. The highest BCUT2D eigenvalue weighted by atomic mass is 15.2. The molecule has 2 unspecified atom stereocenters. The van der Waals surface area contributed by atoms with Gasteiger partial charge >= 0.3 is 0 Å². The van der Waals surface area contributed by atoms with Gasteiger partial charge in [-0.05, 0) is 50.4 Å². The van der Waals surface area contributed by atoms with Gasteiger partial charge < -0.3 is 5.32 Å². The Balaban J connectivity index is 1.72. The number of fused-ring (bicyclic) bond motifs is 2. The van der Waals surface area contributed by atoms with E-state index in [4.69, 9.17) is 0 Å². The second-order valence-corrected chi connectivity index (χ2v) is 5.72. The van der Waals surface area contributed by atoms with Crippen LogP contribution in [-0.2, 0) is 6.54 Å². The van der Waals surface area contributed by atoms with Gasteiger partial charge in [-0.3, -0.25) is 9.88 Å². The normalized spacial score (nSPS) is 32.4. The lowest BCUT2D eigenvalue weighted by Crippen LogP contribution is -2.55. The van der Waals surface area contributed by atoms with Crippen LogP contribution in [0, 0.1) is 0 Å². The summed E-state index contributed by atoms with van der Waals surface area (Å²) in [6.45, 7) is 1.11. The minimum absolute atomic E-state index is 0.731. The number of aromatic nitrogens is 1. The van der Waals surface area contributed by atoms with Crippen LogP contribution in [0.5, 0.6) is 0 Å².